The van der Waals surface area contributed by atoms with E-state index in [0.717, 1.165) is 5.39 Å². The van der Waals surface area contributed by atoms with Gasteiger partial charge in [-0.1, -0.05) is 17.7 Å². The fourth-order valence-corrected chi connectivity index (χ4v) is 3.73. The minimum atomic E-state index is -0.308. The summed E-state index contributed by atoms with van der Waals surface area (Å²) >= 11 is 5.96. The smallest absolute Gasteiger partial charge is 0.302 e. The Kier molecular flexibility index (Phi) is 8.89. The summed E-state index contributed by atoms with van der Waals surface area (Å²) in [4.78, 5) is 36.3. The minimum Gasteiger partial charge on any atom is -0.493 e. The number of carbonyl (C=O) groups is 2. The maximum absolute atomic E-state index is 12.4. The Morgan fingerprint density at radius 2 is 1.82 bits per heavy atom. The van der Waals surface area contributed by atoms with E-state index >= 15 is 0 Å². The summed E-state index contributed by atoms with van der Waals surface area (Å²) in [6.07, 6.45) is 4.45. The summed E-state index contributed by atoms with van der Waals surface area (Å²) < 4.78 is 16.3. The average molecular weight is 536 g/mol. The molecule has 10 nitrogen and oxygen atoms in total. The van der Waals surface area contributed by atoms with Crippen molar-refractivity contribution < 1.29 is 23.8 Å². The first-order valence-corrected chi connectivity index (χ1v) is 12.2. The van der Waals surface area contributed by atoms with Gasteiger partial charge in [0.1, 0.15) is 18.0 Å². The van der Waals surface area contributed by atoms with E-state index in [2.05, 4.69) is 25.6 Å². The zero-order chi connectivity index (χ0) is 26.9. The second-order valence-corrected chi connectivity index (χ2v) is 8.60. The highest BCUT2D eigenvalue weighted by Crippen LogP contribution is 2.34. The first-order valence-electron chi connectivity index (χ1n) is 11.8. The number of amides is 1. The maximum atomic E-state index is 12.4. The van der Waals surface area contributed by atoms with E-state index < -0.39 is 0 Å². The average Bonchev–Trinajstić information content (AvgIpc) is 2.91. The topological polar surface area (TPSA) is 125 Å². The van der Waals surface area contributed by atoms with Crippen LogP contribution in [0, 0.1) is 0 Å². The van der Waals surface area contributed by atoms with E-state index in [4.69, 9.17) is 25.8 Å². The van der Waals surface area contributed by atoms with E-state index in [0.29, 0.717) is 71.0 Å². The third-order valence-corrected chi connectivity index (χ3v) is 5.61. The number of hydrogen-bond acceptors (Lipinski definition) is 9. The molecule has 0 saturated carbocycles. The lowest BCUT2D eigenvalue weighted by Crippen LogP contribution is -2.12. The molecule has 0 fully saturated rings. The van der Waals surface area contributed by atoms with Crippen molar-refractivity contribution in [1.82, 2.24) is 15.0 Å². The van der Waals surface area contributed by atoms with Crippen molar-refractivity contribution in [3.63, 3.8) is 0 Å². The number of ether oxygens (including phenoxy) is 3. The highest BCUT2D eigenvalue weighted by molar-refractivity contribution is 6.31. The molecule has 2 N–H and O–H groups in total. The molecular formula is C27H26ClN5O5. The first kappa shape index (κ1) is 26.6. The van der Waals surface area contributed by atoms with Gasteiger partial charge >= 0.3 is 5.97 Å². The highest BCUT2D eigenvalue weighted by atomic mass is 35.5. The molecule has 0 saturated heterocycles. The molecule has 2 heterocycles. The number of unbranched alkanes of at least 4 members (excludes halogenated alkanes) is 1. The fraction of sp³-hybridized carbons (Fsp3) is 0.222. The highest BCUT2D eigenvalue weighted by Gasteiger charge is 2.13. The number of hydrogen-bond donors (Lipinski definition) is 2. The number of carbonyl (C=O) groups excluding carboxylic acids is 2. The monoisotopic (exact) mass is 535 g/mol. The predicted octanol–water partition coefficient (Wildman–Crippen LogP) is 5.40. The summed E-state index contributed by atoms with van der Waals surface area (Å²) in [6, 6.07) is 13.7. The molecule has 2 aromatic carbocycles. The van der Waals surface area contributed by atoms with Crippen molar-refractivity contribution in [1.29, 1.82) is 0 Å². The van der Waals surface area contributed by atoms with Crippen LogP contribution in [0.1, 0.15) is 30.1 Å². The van der Waals surface area contributed by atoms with Crippen LogP contribution in [0.15, 0.2) is 61.1 Å². The molecule has 0 aliphatic rings. The molecule has 0 aliphatic heterocycles. The van der Waals surface area contributed by atoms with E-state index in [1.54, 1.807) is 61.8 Å². The Balaban J connectivity index is 1.43. The minimum absolute atomic E-state index is 0.293. The van der Waals surface area contributed by atoms with Crippen molar-refractivity contribution in [3.05, 3.63) is 71.6 Å². The Hall–Kier alpha value is -4.44. The van der Waals surface area contributed by atoms with Crippen LogP contribution in [-0.2, 0) is 9.53 Å². The number of methoxy groups -OCH3 is 1. The van der Waals surface area contributed by atoms with Gasteiger partial charge in [-0.15, -0.1) is 0 Å². The van der Waals surface area contributed by atoms with Crippen molar-refractivity contribution >= 4 is 51.7 Å². The number of pyridine rings is 1. The predicted molar refractivity (Wildman–Crippen MR) is 144 cm³/mol. The molecule has 0 bridgehead atoms. The van der Waals surface area contributed by atoms with Crippen LogP contribution in [-0.4, -0.2) is 47.2 Å². The second-order valence-electron chi connectivity index (χ2n) is 8.16. The number of nitrogens with zero attached hydrogens (tertiary/aromatic N) is 3. The lowest BCUT2D eigenvalue weighted by Gasteiger charge is -2.14. The Morgan fingerprint density at radius 1 is 0.974 bits per heavy atom. The zero-order valence-corrected chi connectivity index (χ0v) is 21.6. The normalized spacial score (nSPS) is 10.6. The molecule has 0 aliphatic carbocycles. The van der Waals surface area contributed by atoms with E-state index in [1.165, 1.54) is 13.3 Å². The van der Waals surface area contributed by atoms with Gasteiger partial charge in [-0.25, -0.2) is 15.0 Å². The molecule has 0 radical (unpaired) electrons. The summed E-state index contributed by atoms with van der Waals surface area (Å²) in [6.45, 7) is 2.18. The van der Waals surface area contributed by atoms with Crippen LogP contribution in [0.5, 0.6) is 11.5 Å². The van der Waals surface area contributed by atoms with E-state index in [1.807, 2.05) is 0 Å². The molecule has 2 aromatic heterocycles. The van der Waals surface area contributed by atoms with Gasteiger partial charge in [-0.05, 0) is 49.2 Å². The van der Waals surface area contributed by atoms with Gasteiger partial charge in [0.05, 0.1) is 37.7 Å². The van der Waals surface area contributed by atoms with Crippen LogP contribution < -0.4 is 20.1 Å². The SMILES string of the molecule is COc1cc2c(Nc3ccc(NC(=O)c4cccc(Cl)c4)nc3)ncnc2cc1OCCCCOC(C)=O. The number of anilines is 3. The van der Waals surface area contributed by atoms with Crippen LogP contribution >= 0.6 is 11.6 Å². The van der Waals surface area contributed by atoms with Crippen molar-refractivity contribution in [2.24, 2.45) is 0 Å². The van der Waals surface area contributed by atoms with Crippen molar-refractivity contribution in [2.75, 3.05) is 31.0 Å². The molecule has 0 atom stereocenters. The van der Waals surface area contributed by atoms with Crippen LogP contribution in [0.4, 0.5) is 17.3 Å². The van der Waals surface area contributed by atoms with Gasteiger partial charge in [-0.2, -0.15) is 0 Å². The van der Waals surface area contributed by atoms with Crippen molar-refractivity contribution in [2.45, 2.75) is 19.8 Å². The van der Waals surface area contributed by atoms with Gasteiger partial charge in [0.25, 0.3) is 5.91 Å². The van der Waals surface area contributed by atoms with E-state index in [9.17, 15) is 9.59 Å². The lowest BCUT2D eigenvalue weighted by atomic mass is 10.2. The summed E-state index contributed by atoms with van der Waals surface area (Å²) in [5.41, 5.74) is 1.77. The largest absolute Gasteiger partial charge is 0.493 e. The number of esters is 1. The summed E-state index contributed by atoms with van der Waals surface area (Å²) in [5, 5.41) is 7.18. The van der Waals surface area contributed by atoms with Crippen molar-refractivity contribution in [3.8, 4) is 11.5 Å². The molecule has 11 heteroatoms. The zero-order valence-electron chi connectivity index (χ0n) is 20.9. The van der Waals surface area contributed by atoms with Gasteiger partial charge in [0.2, 0.25) is 0 Å². The first-order chi connectivity index (χ1) is 18.4. The van der Waals surface area contributed by atoms with Gasteiger partial charge in [-0.3, -0.25) is 9.59 Å². The summed E-state index contributed by atoms with van der Waals surface area (Å²) in [7, 11) is 1.56. The standard InChI is InChI=1S/C27H26ClN5O5/c1-17(34)37-10-3-4-11-38-24-14-22-21(13-23(24)36-2)26(31-16-30-22)32-20-8-9-25(29-15-20)33-27(35)18-6-5-7-19(28)12-18/h5-9,12-16H,3-4,10-11H2,1-2H3,(H,29,33,35)(H,30,31,32). The molecule has 4 rings (SSSR count). The molecule has 196 valence electrons. The maximum Gasteiger partial charge on any atom is 0.302 e. The Morgan fingerprint density at radius 3 is 2.55 bits per heavy atom. The number of fused-ring (bicyclic) bond motifs is 1. The third-order valence-electron chi connectivity index (χ3n) is 5.38. The fourth-order valence-electron chi connectivity index (χ4n) is 3.53. The molecule has 1 amide bonds. The van der Waals surface area contributed by atoms with Gasteiger partial charge < -0.3 is 24.8 Å². The lowest BCUT2D eigenvalue weighted by molar-refractivity contribution is -0.141. The van der Waals surface area contributed by atoms with Gasteiger partial charge in [0.15, 0.2) is 11.5 Å². The Labute approximate surface area is 224 Å². The number of aromatic nitrogens is 3. The quantitative estimate of drug-likeness (QED) is 0.192. The van der Waals surface area contributed by atoms with Gasteiger partial charge in [0, 0.05) is 29.0 Å². The number of rotatable bonds is 11. The Bertz CT molecular complexity index is 1430. The third kappa shape index (κ3) is 7.07. The molecular weight excluding hydrogens is 510 g/mol. The second kappa shape index (κ2) is 12.7. The summed E-state index contributed by atoms with van der Waals surface area (Å²) in [5.74, 6) is 1.44. The van der Waals surface area contributed by atoms with E-state index in [-0.39, 0.29) is 11.9 Å². The van der Waals surface area contributed by atoms with Crippen LogP contribution in [0.2, 0.25) is 5.02 Å². The number of nitrogens with one attached hydrogen (secondary N) is 2. The van der Waals surface area contributed by atoms with Crippen LogP contribution in [0.25, 0.3) is 10.9 Å². The molecule has 38 heavy (non-hydrogen) atoms. The number of halogens is 1. The molecule has 4 aromatic rings. The van der Waals surface area contributed by atoms with Crippen LogP contribution in [0.3, 0.4) is 0 Å². The molecule has 0 unspecified atom stereocenters. The number of benzene rings is 2. The molecule has 0 spiro atoms.